The van der Waals surface area contributed by atoms with Crippen molar-refractivity contribution in [2.75, 3.05) is 13.6 Å². The van der Waals surface area contributed by atoms with E-state index < -0.39 is 0 Å². The molecule has 0 radical (unpaired) electrons. The summed E-state index contributed by atoms with van der Waals surface area (Å²) in [7, 11) is 1.74. The highest BCUT2D eigenvalue weighted by Crippen LogP contribution is 2.16. The maximum atomic E-state index is 11.9. The van der Waals surface area contributed by atoms with E-state index in [0.29, 0.717) is 17.8 Å². The van der Waals surface area contributed by atoms with Gasteiger partial charge in [0.2, 0.25) is 0 Å². The highest BCUT2D eigenvalue weighted by Gasteiger charge is 2.22. The first-order valence-electron chi connectivity index (χ1n) is 5.68. The number of rotatable bonds is 1. The third-order valence-corrected chi connectivity index (χ3v) is 2.05. The van der Waals surface area contributed by atoms with Crippen LogP contribution in [0.2, 0.25) is 0 Å². The standard InChI is InChI=1S/C12H16N2O.C2H6/c1-8(2)6-11-10(4)13-9(3)7-14(5)12(11)15;1-2/h6,13H,1,3-4,7H2,2,5H3;1-2H3/b11-6+;. The zero-order valence-corrected chi connectivity index (χ0v) is 11.3. The molecule has 1 heterocycles. The Hall–Kier alpha value is -1.77. The van der Waals surface area contributed by atoms with Gasteiger partial charge in [-0.25, -0.2) is 0 Å². The van der Waals surface area contributed by atoms with Crippen molar-refractivity contribution in [2.45, 2.75) is 20.8 Å². The van der Waals surface area contributed by atoms with Gasteiger partial charge in [-0.1, -0.05) is 39.2 Å². The molecule has 0 saturated carbocycles. The normalized spacial score (nSPS) is 18.2. The lowest BCUT2D eigenvalue weighted by molar-refractivity contribution is -0.125. The number of carbonyl (C=O) groups excluding carboxylic acids is 1. The lowest BCUT2D eigenvalue weighted by atomic mass is 10.1. The number of allylic oxidation sites excluding steroid dienone is 2. The van der Waals surface area contributed by atoms with Crippen LogP contribution in [0.25, 0.3) is 0 Å². The topological polar surface area (TPSA) is 32.3 Å². The molecule has 1 rings (SSSR count). The van der Waals surface area contributed by atoms with Crippen LogP contribution in [-0.2, 0) is 4.79 Å². The SMILES string of the molecule is C=C(C)/C=C1\C(=C)NC(=C)CN(C)C1=O.CC. The average molecular weight is 234 g/mol. The van der Waals surface area contributed by atoms with E-state index in [-0.39, 0.29) is 5.91 Å². The Kier molecular flexibility index (Phi) is 6.03. The molecule has 3 heteroatoms. The van der Waals surface area contributed by atoms with Gasteiger partial charge in [-0.3, -0.25) is 4.79 Å². The van der Waals surface area contributed by atoms with Gasteiger partial charge in [-0.05, 0) is 13.0 Å². The highest BCUT2D eigenvalue weighted by atomic mass is 16.2. The predicted molar refractivity (Wildman–Crippen MR) is 73.3 cm³/mol. The summed E-state index contributed by atoms with van der Waals surface area (Å²) in [5, 5.41) is 3.00. The molecule has 1 fully saturated rings. The van der Waals surface area contributed by atoms with Crippen LogP contribution in [0.4, 0.5) is 0 Å². The van der Waals surface area contributed by atoms with Crippen molar-refractivity contribution in [3.8, 4) is 0 Å². The Morgan fingerprint density at radius 3 is 2.41 bits per heavy atom. The lowest BCUT2D eigenvalue weighted by Crippen LogP contribution is -2.27. The molecular weight excluding hydrogens is 212 g/mol. The second-order valence-corrected chi connectivity index (χ2v) is 3.77. The van der Waals surface area contributed by atoms with Crippen LogP contribution >= 0.6 is 0 Å². The van der Waals surface area contributed by atoms with Crippen LogP contribution < -0.4 is 5.32 Å². The van der Waals surface area contributed by atoms with E-state index in [1.165, 1.54) is 0 Å². The van der Waals surface area contributed by atoms with E-state index in [2.05, 4.69) is 25.1 Å². The molecule has 1 aliphatic rings. The van der Waals surface area contributed by atoms with Gasteiger partial charge in [0.25, 0.3) is 5.91 Å². The fourth-order valence-corrected chi connectivity index (χ4v) is 1.41. The summed E-state index contributed by atoms with van der Waals surface area (Å²) in [5.74, 6) is -0.0610. The Morgan fingerprint density at radius 1 is 1.41 bits per heavy atom. The monoisotopic (exact) mass is 234 g/mol. The van der Waals surface area contributed by atoms with Gasteiger partial charge >= 0.3 is 0 Å². The number of nitrogens with one attached hydrogen (secondary N) is 1. The smallest absolute Gasteiger partial charge is 0.256 e. The summed E-state index contributed by atoms with van der Waals surface area (Å²) in [6.45, 7) is 17.7. The molecule has 0 aromatic heterocycles. The molecule has 1 N–H and O–H groups in total. The summed E-state index contributed by atoms with van der Waals surface area (Å²) < 4.78 is 0. The van der Waals surface area contributed by atoms with Gasteiger partial charge in [0, 0.05) is 18.4 Å². The van der Waals surface area contributed by atoms with Gasteiger partial charge < -0.3 is 10.2 Å². The second kappa shape index (κ2) is 6.74. The van der Waals surface area contributed by atoms with E-state index in [1.54, 1.807) is 18.0 Å². The third-order valence-electron chi connectivity index (χ3n) is 2.05. The van der Waals surface area contributed by atoms with Gasteiger partial charge in [-0.15, -0.1) is 0 Å². The second-order valence-electron chi connectivity index (χ2n) is 3.77. The Balaban J connectivity index is 0.00000121. The maximum Gasteiger partial charge on any atom is 0.256 e. The Labute approximate surface area is 104 Å². The fraction of sp³-hybridized carbons (Fsp3) is 0.357. The minimum atomic E-state index is -0.0610. The number of nitrogens with zero attached hydrogens (tertiary/aromatic N) is 1. The minimum absolute atomic E-state index is 0.0610. The molecule has 1 aliphatic heterocycles. The van der Waals surface area contributed by atoms with E-state index in [0.717, 1.165) is 11.3 Å². The quantitative estimate of drug-likeness (QED) is 0.707. The van der Waals surface area contributed by atoms with Crippen LogP contribution in [-0.4, -0.2) is 24.4 Å². The first-order chi connectivity index (χ1) is 7.91. The van der Waals surface area contributed by atoms with Crippen LogP contribution in [0.15, 0.2) is 48.4 Å². The van der Waals surface area contributed by atoms with Gasteiger partial charge in [0.15, 0.2) is 0 Å². The summed E-state index contributed by atoms with van der Waals surface area (Å²) in [4.78, 5) is 13.5. The fourth-order valence-electron chi connectivity index (χ4n) is 1.41. The van der Waals surface area contributed by atoms with Crippen molar-refractivity contribution in [3.63, 3.8) is 0 Å². The number of amides is 1. The summed E-state index contributed by atoms with van der Waals surface area (Å²) in [6.07, 6.45) is 1.73. The molecular formula is C14H22N2O. The average Bonchev–Trinajstić information content (AvgIpc) is 2.33. The molecule has 0 unspecified atom stereocenters. The Morgan fingerprint density at radius 2 is 1.94 bits per heavy atom. The molecule has 0 aliphatic carbocycles. The highest BCUT2D eigenvalue weighted by molar-refractivity contribution is 5.98. The summed E-state index contributed by atoms with van der Waals surface area (Å²) in [5.41, 5.74) is 2.71. The van der Waals surface area contributed by atoms with Gasteiger partial charge in [-0.2, -0.15) is 0 Å². The molecule has 0 atom stereocenters. The van der Waals surface area contributed by atoms with Crippen molar-refractivity contribution in [3.05, 3.63) is 48.4 Å². The van der Waals surface area contributed by atoms with Crippen LogP contribution in [0.3, 0.4) is 0 Å². The molecule has 0 aromatic carbocycles. The number of likely N-dealkylation sites (N-methyl/N-ethyl adjacent to an activating group) is 1. The summed E-state index contributed by atoms with van der Waals surface area (Å²) >= 11 is 0. The van der Waals surface area contributed by atoms with Crippen molar-refractivity contribution < 1.29 is 4.79 Å². The molecule has 94 valence electrons. The maximum absolute atomic E-state index is 11.9. The molecule has 1 saturated heterocycles. The predicted octanol–water partition coefficient (Wildman–Crippen LogP) is 2.60. The van der Waals surface area contributed by atoms with Crippen LogP contribution in [0.1, 0.15) is 20.8 Å². The van der Waals surface area contributed by atoms with Crippen LogP contribution in [0, 0.1) is 0 Å². The van der Waals surface area contributed by atoms with E-state index in [9.17, 15) is 4.79 Å². The van der Waals surface area contributed by atoms with E-state index >= 15 is 0 Å². The van der Waals surface area contributed by atoms with Crippen molar-refractivity contribution in [1.82, 2.24) is 10.2 Å². The molecule has 0 aromatic rings. The Bertz CT molecular complexity index is 378. The van der Waals surface area contributed by atoms with Gasteiger partial charge in [0.05, 0.1) is 12.1 Å². The molecule has 17 heavy (non-hydrogen) atoms. The molecule has 3 nitrogen and oxygen atoms in total. The van der Waals surface area contributed by atoms with Crippen LogP contribution in [0.5, 0.6) is 0 Å². The van der Waals surface area contributed by atoms with E-state index in [1.807, 2.05) is 20.8 Å². The van der Waals surface area contributed by atoms with Crippen molar-refractivity contribution in [1.29, 1.82) is 0 Å². The van der Waals surface area contributed by atoms with Crippen molar-refractivity contribution in [2.24, 2.45) is 0 Å². The molecule has 0 bridgehead atoms. The molecule has 0 spiro atoms. The molecule has 1 amide bonds. The zero-order chi connectivity index (χ0) is 13.6. The zero-order valence-electron chi connectivity index (χ0n) is 11.3. The summed E-state index contributed by atoms with van der Waals surface area (Å²) in [6, 6.07) is 0. The minimum Gasteiger partial charge on any atom is -0.358 e. The van der Waals surface area contributed by atoms with E-state index in [4.69, 9.17) is 0 Å². The largest absolute Gasteiger partial charge is 0.358 e. The number of carbonyl (C=O) groups is 1. The van der Waals surface area contributed by atoms with Gasteiger partial charge in [0.1, 0.15) is 0 Å². The third kappa shape index (κ3) is 4.31. The first kappa shape index (κ1) is 15.2. The van der Waals surface area contributed by atoms with Crippen molar-refractivity contribution >= 4 is 5.91 Å². The number of hydrogen-bond donors (Lipinski definition) is 1. The number of hydrogen-bond acceptors (Lipinski definition) is 2. The first-order valence-corrected chi connectivity index (χ1v) is 5.68. The lowest BCUT2D eigenvalue weighted by Gasteiger charge is -2.13.